The summed E-state index contributed by atoms with van der Waals surface area (Å²) < 4.78 is 11.4. The number of hydrogen-bond acceptors (Lipinski definition) is 5. The molecule has 0 aliphatic carbocycles. The van der Waals surface area contributed by atoms with Crippen LogP contribution in [0.4, 0.5) is 5.69 Å². The lowest BCUT2D eigenvalue weighted by molar-refractivity contribution is -0.136. The number of anilines is 1. The van der Waals surface area contributed by atoms with Crippen molar-refractivity contribution in [3.05, 3.63) is 87.4 Å². The summed E-state index contributed by atoms with van der Waals surface area (Å²) in [7, 11) is 1.54. The van der Waals surface area contributed by atoms with Crippen LogP contribution in [0.3, 0.4) is 0 Å². The maximum atomic E-state index is 12.1. The molecule has 7 nitrogen and oxygen atoms in total. The van der Waals surface area contributed by atoms with E-state index in [1.165, 1.54) is 18.2 Å². The summed E-state index contributed by atoms with van der Waals surface area (Å²) in [6.45, 7) is 4.12. The minimum atomic E-state index is -0.935. The number of aryl methyl sites for hydroxylation is 1. The lowest BCUT2D eigenvalue weighted by atomic mass is 10.1. The number of methoxy groups -OCH3 is 1. The van der Waals surface area contributed by atoms with Gasteiger partial charge in [-0.15, -0.1) is 0 Å². The molecular weight excluding hydrogens is 477 g/mol. The average Bonchev–Trinajstić information content (AvgIpc) is 2.84. The number of nitrogens with zero attached hydrogens (tertiary/aromatic N) is 1. The Morgan fingerprint density at radius 2 is 1.71 bits per heavy atom. The van der Waals surface area contributed by atoms with Crippen molar-refractivity contribution in [3.63, 3.8) is 0 Å². The van der Waals surface area contributed by atoms with Gasteiger partial charge < -0.3 is 14.8 Å². The molecule has 3 rings (SSSR count). The molecule has 3 aromatic rings. The van der Waals surface area contributed by atoms with Crippen molar-refractivity contribution in [2.75, 3.05) is 12.4 Å². The van der Waals surface area contributed by atoms with E-state index in [0.717, 1.165) is 11.1 Å². The molecular formula is C25H23Cl2N3O4. The van der Waals surface area contributed by atoms with Gasteiger partial charge in [0.1, 0.15) is 6.61 Å². The van der Waals surface area contributed by atoms with Gasteiger partial charge in [0.15, 0.2) is 11.5 Å². The zero-order chi connectivity index (χ0) is 24.7. The topological polar surface area (TPSA) is 89.0 Å². The summed E-state index contributed by atoms with van der Waals surface area (Å²) in [4.78, 5) is 24.2. The number of halogens is 2. The van der Waals surface area contributed by atoms with E-state index >= 15 is 0 Å². The molecule has 0 radical (unpaired) electrons. The largest absolute Gasteiger partial charge is 0.493 e. The number of rotatable bonds is 7. The molecule has 0 heterocycles. The quantitative estimate of drug-likeness (QED) is 0.260. The molecule has 0 aliphatic heterocycles. The van der Waals surface area contributed by atoms with Crippen molar-refractivity contribution >= 4 is 46.4 Å². The van der Waals surface area contributed by atoms with Crippen LogP contribution < -0.4 is 20.2 Å². The molecule has 0 unspecified atom stereocenters. The van der Waals surface area contributed by atoms with Gasteiger partial charge in [-0.05, 0) is 61.4 Å². The van der Waals surface area contributed by atoms with Crippen molar-refractivity contribution < 1.29 is 19.1 Å². The smallest absolute Gasteiger partial charge is 0.329 e. The summed E-state index contributed by atoms with van der Waals surface area (Å²) in [6.07, 6.45) is 0. The fourth-order valence-electron chi connectivity index (χ4n) is 2.95. The maximum Gasteiger partial charge on any atom is 0.329 e. The van der Waals surface area contributed by atoms with Crippen LogP contribution in [0, 0.1) is 6.92 Å². The lowest BCUT2D eigenvalue weighted by Crippen LogP contribution is -2.32. The Hall–Kier alpha value is -3.55. The number of ether oxygens (including phenoxy) is 2. The summed E-state index contributed by atoms with van der Waals surface area (Å²) in [5, 5.41) is 7.04. The van der Waals surface area contributed by atoms with Gasteiger partial charge in [-0.3, -0.25) is 9.59 Å². The molecule has 0 aliphatic rings. The predicted octanol–water partition coefficient (Wildman–Crippen LogP) is 5.37. The number of hydrazone groups is 1. The molecule has 9 heteroatoms. The molecule has 0 aromatic heterocycles. The second-order valence-electron chi connectivity index (χ2n) is 7.30. The zero-order valence-corrected chi connectivity index (χ0v) is 20.3. The highest BCUT2D eigenvalue weighted by Crippen LogP contribution is 2.29. The number of carbonyl (C=O) groups excluding carboxylic acids is 2. The highest BCUT2D eigenvalue weighted by Gasteiger charge is 2.15. The van der Waals surface area contributed by atoms with Crippen LogP contribution in [0.2, 0.25) is 10.0 Å². The average molecular weight is 500 g/mol. The van der Waals surface area contributed by atoms with Crippen LogP contribution in [0.5, 0.6) is 11.5 Å². The third-order valence-electron chi connectivity index (χ3n) is 4.93. The zero-order valence-electron chi connectivity index (χ0n) is 18.8. The van der Waals surface area contributed by atoms with Crippen LogP contribution in [0.25, 0.3) is 0 Å². The van der Waals surface area contributed by atoms with Gasteiger partial charge in [0.05, 0.1) is 22.9 Å². The Labute approximate surface area is 207 Å². The van der Waals surface area contributed by atoms with Gasteiger partial charge in [-0.25, -0.2) is 5.43 Å². The third-order valence-corrected chi connectivity index (χ3v) is 5.67. The van der Waals surface area contributed by atoms with Crippen LogP contribution in [-0.4, -0.2) is 24.6 Å². The molecule has 3 aromatic carbocycles. The number of benzene rings is 3. The fourth-order valence-corrected chi connectivity index (χ4v) is 3.25. The predicted molar refractivity (Wildman–Crippen MR) is 134 cm³/mol. The van der Waals surface area contributed by atoms with Crippen LogP contribution in [-0.2, 0) is 16.2 Å². The van der Waals surface area contributed by atoms with E-state index < -0.39 is 11.8 Å². The first-order valence-corrected chi connectivity index (χ1v) is 11.0. The second-order valence-corrected chi connectivity index (χ2v) is 8.12. The molecule has 0 spiro atoms. The Kier molecular flexibility index (Phi) is 8.51. The summed E-state index contributed by atoms with van der Waals surface area (Å²) >= 11 is 11.8. The van der Waals surface area contributed by atoms with Gasteiger partial charge in [0.2, 0.25) is 0 Å². The minimum Gasteiger partial charge on any atom is -0.493 e. The number of carbonyl (C=O) groups is 2. The molecule has 176 valence electrons. The monoisotopic (exact) mass is 499 g/mol. The standard InChI is InChI=1S/C25H23Cl2N3O4/c1-15-6-4-5-7-18(15)14-34-22-11-8-17(12-23(22)33-3)16(2)29-30-25(32)24(31)28-19-9-10-20(26)21(27)13-19/h4-13H,14H2,1-3H3,(H,28,31)(H,30,32)/b29-16+. The second kappa shape index (κ2) is 11.5. The Balaban J connectivity index is 1.63. The number of hydrogen-bond donors (Lipinski definition) is 2. The van der Waals surface area contributed by atoms with Crippen LogP contribution in [0.1, 0.15) is 23.6 Å². The van der Waals surface area contributed by atoms with Crippen molar-refractivity contribution in [1.82, 2.24) is 5.43 Å². The first-order valence-electron chi connectivity index (χ1n) is 10.2. The van der Waals surface area contributed by atoms with E-state index in [0.29, 0.717) is 40.1 Å². The van der Waals surface area contributed by atoms with Crippen LogP contribution in [0.15, 0.2) is 65.8 Å². The van der Waals surface area contributed by atoms with Crippen LogP contribution >= 0.6 is 23.2 Å². The number of nitrogens with one attached hydrogen (secondary N) is 2. The minimum absolute atomic E-state index is 0.258. The molecule has 34 heavy (non-hydrogen) atoms. The van der Waals surface area contributed by atoms with Crippen molar-refractivity contribution in [2.45, 2.75) is 20.5 Å². The van der Waals surface area contributed by atoms with Gasteiger partial charge in [0.25, 0.3) is 0 Å². The van der Waals surface area contributed by atoms with Gasteiger partial charge >= 0.3 is 11.8 Å². The fraction of sp³-hybridized carbons (Fsp3) is 0.160. The molecule has 0 fully saturated rings. The van der Waals surface area contributed by atoms with Gasteiger partial charge in [-0.1, -0.05) is 47.5 Å². The highest BCUT2D eigenvalue weighted by atomic mass is 35.5. The molecule has 2 N–H and O–H groups in total. The number of amides is 2. The summed E-state index contributed by atoms with van der Waals surface area (Å²) in [5.41, 5.74) is 5.95. The Morgan fingerprint density at radius 1 is 0.941 bits per heavy atom. The SMILES string of the molecule is COc1cc(/C(C)=N/NC(=O)C(=O)Nc2ccc(Cl)c(Cl)c2)ccc1OCc1ccccc1C. The Bertz CT molecular complexity index is 1240. The summed E-state index contributed by atoms with van der Waals surface area (Å²) in [5.74, 6) is -0.736. The van der Waals surface area contributed by atoms with E-state index in [9.17, 15) is 9.59 Å². The molecule has 0 saturated heterocycles. The molecule has 0 bridgehead atoms. The van der Waals surface area contributed by atoms with Crippen molar-refractivity contribution in [1.29, 1.82) is 0 Å². The van der Waals surface area contributed by atoms with Crippen molar-refractivity contribution in [3.8, 4) is 11.5 Å². The normalized spacial score (nSPS) is 11.0. The van der Waals surface area contributed by atoms with E-state index in [2.05, 4.69) is 15.8 Å². The van der Waals surface area contributed by atoms with E-state index in [4.69, 9.17) is 32.7 Å². The first kappa shape index (κ1) is 25.1. The van der Waals surface area contributed by atoms with E-state index in [1.54, 1.807) is 32.2 Å². The molecule has 0 atom stereocenters. The third kappa shape index (κ3) is 6.50. The molecule has 2 amide bonds. The van der Waals surface area contributed by atoms with Gasteiger partial charge in [0, 0.05) is 11.3 Å². The highest BCUT2D eigenvalue weighted by molar-refractivity contribution is 6.43. The Morgan fingerprint density at radius 3 is 2.41 bits per heavy atom. The maximum absolute atomic E-state index is 12.1. The molecule has 0 saturated carbocycles. The lowest BCUT2D eigenvalue weighted by Gasteiger charge is -2.13. The van der Waals surface area contributed by atoms with Crippen molar-refractivity contribution in [2.24, 2.45) is 5.10 Å². The first-order chi connectivity index (χ1) is 16.3. The summed E-state index contributed by atoms with van der Waals surface area (Å²) in [6, 6.07) is 17.8. The van der Waals surface area contributed by atoms with Gasteiger partial charge in [-0.2, -0.15) is 5.10 Å². The van der Waals surface area contributed by atoms with E-state index in [-0.39, 0.29) is 5.02 Å². The van der Waals surface area contributed by atoms with E-state index in [1.807, 2.05) is 31.2 Å².